The molecule has 1 N–H and O–H groups in total. The summed E-state index contributed by atoms with van der Waals surface area (Å²) in [5.41, 5.74) is 0.335. The molecule has 0 atom stereocenters. The van der Waals surface area contributed by atoms with Crippen LogP contribution in [-0.2, 0) is 4.79 Å². The second-order valence-corrected chi connectivity index (χ2v) is 3.27. The molecule has 1 aromatic rings. The van der Waals surface area contributed by atoms with Gasteiger partial charge in [-0.2, -0.15) is 0 Å². The van der Waals surface area contributed by atoms with Crippen LogP contribution >= 0.6 is 15.9 Å². The number of rotatable bonds is 2. The molecule has 1 aromatic carbocycles. The summed E-state index contributed by atoms with van der Waals surface area (Å²) in [6.07, 6.45) is 0. The molecule has 0 aliphatic rings. The molecular formula is C9H6BrFO2. The molecule has 0 aromatic heterocycles. The average molecular weight is 245 g/mol. The van der Waals surface area contributed by atoms with Crippen LogP contribution in [0.3, 0.4) is 0 Å². The third-order valence-electron chi connectivity index (χ3n) is 1.53. The van der Waals surface area contributed by atoms with Crippen LogP contribution in [0.5, 0.6) is 0 Å². The molecule has 68 valence electrons. The van der Waals surface area contributed by atoms with Gasteiger partial charge < -0.3 is 5.11 Å². The number of hydrogen-bond acceptors (Lipinski definition) is 1. The number of aliphatic carboxylic acids is 1. The Morgan fingerprint density at radius 1 is 1.54 bits per heavy atom. The highest BCUT2D eigenvalue weighted by Gasteiger charge is 2.08. The van der Waals surface area contributed by atoms with Gasteiger partial charge >= 0.3 is 5.97 Å². The van der Waals surface area contributed by atoms with Gasteiger partial charge in [0.25, 0.3) is 0 Å². The van der Waals surface area contributed by atoms with E-state index in [0.717, 1.165) is 0 Å². The SMILES string of the molecule is C=C(C(=O)O)c1ccc(F)c(Br)c1. The maximum absolute atomic E-state index is 12.7. The Hall–Kier alpha value is -1.16. The first kappa shape index (κ1) is 9.92. The Morgan fingerprint density at radius 2 is 2.15 bits per heavy atom. The minimum atomic E-state index is -1.11. The highest BCUT2D eigenvalue weighted by Crippen LogP contribution is 2.21. The Labute approximate surface area is 82.8 Å². The van der Waals surface area contributed by atoms with E-state index < -0.39 is 11.8 Å². The molecule has 0 amide bonds. The van der Waals surface area contributed by atoms with E-state index in [0.29, 0.717) is 5.56 Å². The van der Waals surface area contributed by atoms with E-state index in [2.05, 4.69) is 22.5 Å². The summed E-state index contributed by atoms with van der Waals surface area (Å²) in [7, 11) is 0. The summed E-state index contributed by atoms with van der Waals surface area (Å²) in [6, 6.07) is 3.94. The quantitative estimate of drug-likeness (QED) is 0.813. The summed E-state index contributed by atoms with van der Waals surface area (Å²) in [5.74, 6) is -1.54. The summed E-state index contributed by atoms with van der Waals surface area (Å²) >= 11 is 2.95. The monoisotopic (exact) mass is 244 g/mol. The van der Waals surface area contributed by atoms with E-state index in [9.17, 15) is 9.18 Å². The van der Waals surface area contributed by atoms with E-state index in [1.54, 1.807) is 0 Å². The van der Waals surface area contributed by atoms with E-state index in [1.807, 2.05) is 0 Å². The maximum Gasteiger partial charge on any atom is 0.335 e. The molecule has 0 saturated carbocycles. The molecular weight excluding hydrogens is 239 g/mol. The Kier molecular flexibility index (Phi) is 2.83. The smallest absolute Gasteiger partial charge is 0.335 e. The van der Waals surface area contributed by atoms with Gasteiger partial charge in [0.2, 0.25) is 0 Å². The van der Waals surface area contributed by atoms with Crippen LogP contribution in [0.15, 0.2) is 29.3 Å². The average Bonchev–Trinajstić information content (AvgIpc) is 2.08. The molecule has 0 saturated heterocycles. The lowest BCUT2D eigenvalue weighted by Crippen LogP contribution is -1.98. The summed E-state index contributed by atoms with van der Waals surface area (Å²) < 4.78 is 13.0. The highest BCUT2D eigenvalue weighted by atomic mass is 79.9. The molecule has 2 nitrogen and oxygen atoms in total. The molecule has 0 aliphatic carbocycles. The van der Waals surface area contributed by atoms with Crippen LogP contribution in [0.2, 0.25) is 0 Å². The molecule has 0 aliphatic heterocycles. The number of benzene rings is 1. The van der Waals surface area contributed by atoms with Crippen molar-refractivity contribution in [3.05, 3.63) is 40.6 Å². The zero-order chi connectivity index (χ0) is 10.0. The fourth-order valence-corrected chi connectivity index (χ4v) is 1.19. The lowest BCUT2D eigenvalue weighted by molar-refractivity contribution is -0.130. The number of carboxylic acids is 1. The molecule has 0 heterocycles. The van der Waals surface area contributed by atoms with Crippen molar-refractivity contribution in [3.63, 3.8) is 0 Å². The third-order valence-corrected chi connectivity index (χ3v) is 2.13. The van der Waals surface area contributed by atoms with Gasteiger partial charge in [-0.25, -0.2) is 9.18 Å². The van der Waals surface area contributed by atoms with Gasteiger partial charge in [0.15, 0.2) is 0 Å². The van der Waals surface area contributed by atoms with Crippen molar-refractivity contribution < 1.29 is 14.3 Å². The van der Waals surface area contributed by atoms with Crippen molar-refractivity contribution in [2.45, 2.75) is 0 Å². The van der Waals surface area contributed by atoms with Gasteiger partial charge in [0.05, 0.1) is 10.0 Å². The minimum Gasteiger partial charge on any atom is -0.478 e. The first-order valence-electron chi connectivity index (χ1n) is 3.40. The molecule has 13 heavy (non-hydrogen) atoms. The Bertz CT molecular complexity index is 374. The maximum atomic E-state index is 12.7. The van der Waals surface area contributed by atoms with Crippen molar-refractivity contribution in [1.82, 2.24) is 0 Å². The van der Waals surface area contributed by atoms with Gasteiger partial charge in [-0.1, -0.05) is 12.6 Å². The van der Waals surface area contributed by atoms with Crippen molar-refractivity contribution in [2.24, 2.45) is 0 Å². The summed E-state index contributed by atoms with van der Waals surface area (Å²) in [6.45, 7) is 3.35. The fraction of sp³-hybridized carbons (Fsp3) is 0. The van der Waals surface area contributed by atoms with Crippen LogP contribution in [0.25, 0.3) is 5.57 Å². The highest BCUT2D eigenvalue weighted by molar-refractivity contribution is 9.10. The number of carbonyl (C=O) groups is 1. The molecule has 0 unspecified atom stereocenters. The van der Waals surface area contributed by atoms with E-state index >= 15 is 0 Å². The van der Waals surface area contributed by atoms with Crippen molar-refractivity contribution in [3.8, 4) is 0 Å². The van der Waals surface area contributed by atoms with Crippen molar-refractivity contribution in [1.29, 1.82) is 0 Å². The van der Waals surface area contributed by atoms with E-state index in [-0.39, 0.29) is 10.0 Å². The Morgan fingerprint density at radius 3 is 2.62 bits per heavy atom. The predicted octanol–water partition coefficient (Wildman–Crippen LogP) is 2.69. The minimum absolute atomic E-state index is 0.0549. The predicted molar refractivity (Wildman–Crippen MR) is 50.8 cm³/mol. The first-order valence-corrected chi connectivity index (χ1v) is 4.19. The zero-order valence-corrected chi connectivity index (χ0v) is 8.14. The molecule has 4 heteroatoms. The van der Waals surface area contributed by atoms with Crippen LogP contribution in [0.1, 0.15) is 5.56 Å². The second-order valence-electron chi connectivity index (χ2n) is 2.41. The largest absolute Gasteiger partial charge is 0.478 e. The van der Waals surface area contributed by atoms with Gasteiger partial charge in [-0.05, 0) is 33.6 Å². The molecule has 0 fully saturated rings. The van der Waals surface area contributed by atoms with Crippen LogP contribution < -0.4 is 0 Å². The normalized spacial score (nSPS) is 9.69. The number of carboxylic acid groups (broad SMARTS) is 1. The van der Waals surface area contributed by atoms with Crippen LogP contribution in [-0.4, -0.2) is 11.1 Å². The van der Waals surface area contributed by atoms with Gasteiger partial charge in [-0.15, -0.1) is 0 Å². The topological polar surface area (TPSA) is 37.3 Å². The third kappa shape index (κ3) is 2.15. The lowest BCUT2D eigenvalue weighted by atomic mass is 10.1. The summed E-state index contributed by atoms with van der Waals surface area (Å²) in [5, 5.41) is 8.59. The fourth-order valence-electron chi connectivity index (χ4n) is 0.807. The number of hydrogen-bond donors (Lipinski definition) is 1. The van der Waals surface area contributed by atoms with Crippen LogP contribution in [0, 0.1) is 5.82 Å². The van der Waals surface area contributed by atoms with Crippen molar-refractivity contribution in [2.75, 3.05) is 0 Å². The summed E-state index contributed by atoms with van der Waals surface area (Å²) in [4.78, 5) is 10.5. The van der Waals surface area contributed by atoms with Gasteiger partial charge in [-0.3, -0.25) is 0 Å². The van der Waals surface area contributed by atoms with Crippen LogP contribution in [0.4, 0.5) is 4.39 Å². The first-order chi connectivity index (χ1) is 6.02. The molecule has 0 spiro atoms. The van der Waals surface area contributed by atoms with Gasteiger partial charge in [0, 0.05) is 0 Å². The Balaban J connectivity index is 3.11. The van der Waals surface area contributed by atoms with E-state index in [4.69, 9.17) is 5.11 Å². The molecule has 0 radical (unpaired) electrons. The molecule has 0 bridgehead atoms. The van der Waals surface area contributed by atoms with E-state index in [1.165, 1.54) is 18.2 Å². The zero-order valence-electron chi connectivity index (χ0n) is 6.55. The second kappa shape index (κ2) is 3.70. The lowest BCUT2D eigenvalue weighted by Gasteiger charge is -2.01. The van der Waals surface area contributed by atoms with Gasteiger partial charge in [0.1, 0.15) is 5.82 Å². The van der Waals surface area contributed by atoms with Crippen molar-refractivity contribution >= 4 is 27.5 Å². The standard InChI is InChI=1S/C9H6BrFO2/c1-5(9(12)13)6-2-3-8(11)7(10)4-6/h2-4H,1H2,(H,12,13). The number of halogens is 2. The molecule has 1 rings (SSSR count).